The van der Waals surface area contributed by atoms with Gasteiger partial charge < -0.3 is 10.3 Å². The van der Waals surface area contributed by atoms with Gasteiger partial charge >= 0.3 is 0 Å². The number of imidazole rings is 1. The van der Waals surface area contributed by atoms with E-state index in [2.05, 4.69) is 22.7 Å². The van der Waals surface area contributed by atoms with Crippen LogP contribution in [0.15, 0.2) is 12.4 Å². The molecular weight excluding hydrogens is 222 g/mol. The molecule has 5 atom stereocenters. The van der Waals surface area contributed by atoms with Crippen molar-refractivity contribution in [1.29, 1.82) is 0 Å². The van der Waals surface area contributed by atoms with Gasteiger partial charge in [-0.3, -0.25) is 0 Å². The van der Waals surface area contributed by atoms with Gasteiger partial charge in [0.1, 0.15) is 5.82 Å². The van der Waals surface area contributed by atoms with Gasteiger partial charge in [0.25, 0.3) is 0 Å². The highest BCUT2D eigenvalue weighted by Crippen LogP contribution is 2.70. The predicted octanol–water partition coefficient (Wildman–Crippen LogP) is 2.06. The van der Waals surface area contributed by atoms with Crippen molar-refractivity contribution in [2.24, 2.45) is 35.3 Å². The minimum Gasteiger partial charge on any atom is -0.335 e. The number of rotatable bonds is 4. The first-order valence-corrected chi connectivity index (χ1v) is 7.55. The summed E-state index contributed by atoms with van der Waals surface area (Å²) in [5.41, 5.74) is 6.48. The van der Waals surface area contributed by atoms with Crippen molar-refractivity contribution in [3.63, 3.8) is 0 Å². The van der Waals surface area contributed by atoms with Crippen LogP contribution in [0.5, 0.6) is 0 Å². The lowest BCUT2D eigenvalue weighted by molar-refractivity contribution is 0.403. The Balaban J connectivity index is 1.45. The molecule has 3 aliphatic carbocycles. The number of fused-ring (bicyclic) bond motifs is 5. The fraction of sp³-hybridized carbons (Fsp3) is 0.800. The minimum absolute atomic E-state index is 0.344. The molecular formula is C15H23N3. The molecule has 18 heavy (non-hydrogen) atoms. The molecule has 0 amide bonds. The van der Waals surface area contributed by atoms with Gasteiger partial charge in [0.2, 0.25) is 0 Å². The van der Waals surface area contributed by atoms with Crippen LogP contribution in [0.1, 0.15) is 32.0 Å². The number of aromatic nitrogens is 2. The first kappa shape index (κ1) is 11.0. The summed E-state index contributed by atoms with van der Waals surface area (Å²) in [4.78, 5) is 4.47. The number of aryl methyl sites for hydroxylation is 1. The maximum absolute atomic E-state index is 6.48. The van der Waals surface area contributed by atoms with Crippen molar-refractivity contribution < 1.29 is 0 Å². The standard InChI is InChI=1S/C15H23N3/c1-2-18-6-5-17-12(18)8-11(16)15-13-9-3-4-10(7-9)14(13)15/h5-6,9-11,13-15H,2-4,7-8,16H2,1H3. The fourth-order valence-electron chi connectivity index (χ4n) is 5.13. The van der Waals surface area contributed by atoms with Crippen LogP contribution in [0.3, 0.4) is 0 Å². The molecule has 4 rings (SSSR count). The zero-order chi connectivity index (χ0) is 12.3. The Morgan fingerprint density at radius 2 is 2.11 bits per heavy atom. The molecule has 0 aromatic carbocycles. The lowest BCUT2D eigenvalue weighted by Gasteiger charge is -2.16. The van der Waals surface area contributed by atoms with E-state index in [0.29, 0.717) is 6.04 Å². The predicted molar refractivity (Wildman–Crippen MR) is 70.9 cm³/mol. The minimum atomic E-state index is 0.344. The van der Waals surface area contributed by atoms with E-state index in [-0.39, 0.29) is 0 Å². The lowest BCUT2D eigenvalue weighted by atomic mass is 9.96. The average Bonchev–Trinajstić information content (AvgIpc) is 2.73. The Kier molecular flexibility index (Phi) is 2.35. The zero-order valence-corrected chi connectivity index (χ0v) is 11.1. The molecule has 98 valence electrons. The fourth-order valence-corrected chi connectivity index (χ4v) is 5.13. The van der Waals surface area contributed by atoms with Crippen LogP contribution in [0.2, 0.25) is 0 Å². The summed E-state index contributed by atoms with van der Waals surface area (Å²) in [7, 11) is 0. The van der Waals surface area contributed by atoms with Crippen molar-refractivity contribution in [2.45, 2.75) is 45.2 Å². The van der Waals surface area contributed by atoms with Gasteiger partial charge in [0, 0.05) is 31.4 Å². The molecule has 2 bridgehead atoms. The van der Waals surface area contributed by atoms with Gasteiger partial charge in [-0.05, 0) is 55.8 Å². The molecule has 3 saturated carbocycles. The first-order chi connectivity index (χ1) is 8.79. The van der Waals surface area contributed by atoms with Crippen molar-refractivity contribution in [2.75, 3.05) is 0 Å². The molecule has 0 saturated heterocycles. The van der Waals surface area contributed by atoms with Crippen LogP contribution in [0.25, 0.3) is 0 Å². The number of nitrogens with two attached hydrogens (primary N) is 1. The Morgan fingerprint density at radius 1 is 1.39 bits per heavy atom. The van der Waals surface area contributed by atoms with E-state index in [9.17, 15) is 0 Å². The summed E-state index contributed by atoms with van der Waals surface area (Å²) in [5, 5.41) is 0. The highest BCUT2D eigenvalue weighted by atomic mass is 15.1. The van der Waals surface area contributed by atoms with Crippen LogP contribution in [-0.2, 0) is 13.0 Å². The Bertz CT molecular complexity index is 436. The number of hydrogen-bond acceptors (Lipinski definition) is 2. The number of nitrogens with zero attached hydrogens (tertiary/aromatic N) is 2. The lowest BCUT2D eigenvalue weighted by Crippen LogP contribution is -2.30. The molecule has 0 aliphatic heterocycles. The van der Waals surface area contributed by atoms with E-state index in [0.717, 1.165) is 42.6 Å². The molecule has 1 aromatic rings. The molecule has 0 spiro atoms. The average molecular weight is 245 g/mol. The normalized spacial score (nSPS) is 42.0. The third-order valence-electron chi connectivity index (χ3n) is 5.85. The molecule has 3 aliphatic rings. The second-order valence-electron chi connectivity index (χ2n) is 6.56. The van der Waals surface area contributed by atoms with E-state index < -0.39 is 0 Å². The summed E-state index contributed by atoms with van der Waals surface area (Å²) in [6.45, 7) is 3.17. The van der Waals surface area contributed by atoms with E-state index in [4.69, 9.17) is 5.73 Å². The Labute approximate surface area is 109 Å². The highest BCUT2D eigenvalue weighted by Gasteiger charge is 2.66. The first-order valence-electron chi connectivity index (χ1n) is 7.55. The van der Waals surface area contributed by atoms with Crippen molar-refractivity contribution in [3.05, 3.63) is 18.2 Å². The molecule has 1 aromatic heterocycles. The highest BCUT2D eigenvalue weighted by molar-refractivity contribution is 5.16. The molecule has 0 radical (unpaired) electrons. The third kappa shape index (κ3) is 1.43. The topological polar surface area (TPSA) is 43.8 Å². The van der Waals surface area contributed by atoms with Crippen LogP contribution in [0.4, 0.5) is 0 Å². The Hall–Kier alpha value is -0.830. The molecule has 5 unspecified atom stereocenters. The van der Waals surface area contributed by atoms with E-state index in [1.54, 1.807) is 0 Å². The van der Waals surface area contributed by atoms with Crippen LogP contribution in [-0.4, -0.2) is 15.6 Å². The van der Waals surface area contributed by atoms with Gasteiger partial charge in [0.05, 0.1) is 0 Å². The summed E-state index contributed by atoms with van der Waals surface area (Å²) in [6, 6.07) is 0.344. The van der Waals surface area contributed by atoms with E-state index in [1.807, 2.05) is 6.20 Å². The third-order valence-corrected chi connectivity index (χ3v) is 5.85. The van der Waals surface area contributed by atoms with Crippen LogP contribution < -0.4 is 5.73 Å². The second-order valence-corrected chi connectivity index (χ2v) is 6.56. The quantitative estimate of drug-likeness (QED) is 0.882. The maximum Gasteiger partial charge on any atom is 0.110 e. The van der Waals surface area contributed by atoms with Crippen LogP contribution in [0, 0.1) is 29.6 Å². The number of hydrogen-bond donors (Lipinski definition) is 1. The summed E-state index contributed by atoms with van der Waals surface area (Å²) >= 11 is 0. The van der Waals surface area contributed by atoms with E-state index >= 15 is 0 Å². The smallest absolute Gasteiger partial charge is 0.110 e. The van der Waals surface area contributed by atoms with Gasteiger partial charge in [-0.1, -0.05) is 0 Å². The summed E-state index contributed by atoms with van der Waals surface area (Å²) in [5.74, 6) is 6.04. The second kappa shape index (κ2) is 3.83. The zero-order valence-electron chi connectivity index (χ0n) is 11.1. The summed E-state index contributed by atoms with van der Waals surface area (Å²) in [6.07, 6.45) is 9.43. The summed E-state index contributed by atoms with van der Waals surface area (Å²) < 4.78 is 2.23. The van der Waals surface area contributed by atoms with Crippen LogP contribution >= 0.6 is 0 Å². The SMILES string of the molecule is CCn1ccnc1CC(N)C1C2C3CCC(C3)C12. The molecule has 2 N–H and O–H groups in total. The van der Waals surface area contributed by atoms with Gasteiger partial charge in [-0.2, -0.15) is 0 Å². The van der Waals surface area contributed by atoms with Gasteiger partial charge in [-0.25, -0.2) is 4.98 Å². The Morgan fingerprint density at radius 3 is 2.78 bits per heavy atom. The van der Waals surface area contributed by atoms with Gasteiger partial charge in [-0.15, -0.1) is 0 Å². The molecule has 3 heteroatoms. The molecule has 3 nitrogen and oxygen atoms in total. The maximum atomic E-state index is 6.48. The molecule has 1 heterocycles. The van der Waals surface area contributed by atoms with Crippen molar-refractivity contribution >= 4 is 0 Å². The molecule has 3 fully saturated rings. The monoisotopic (exact) mass is 245 g/mol. The van der Waals surface area contributed by atoms with Crippen molar-refractivity contribution in [1.82, 2.24) is 9.55 Å². The largest absolute Gasteiger partial charge is 0.335 e. The van der Waals surface area contributed by atoms with Crippen molar-refractivity contribution in [3.8, 4) is 0 Å². The van der Waals surface area contributed by atoms with Gasteiger partial charge in [0.15, 0.2) is 0 Å². The van der Waals surface area contributed by atoms with E-state index in [1.165, 1.54) is 25.1 Å².